The highest BCUT2D eigenvalue weighted by Crippen LogP contribution is 2.28. The summed E-state index contributed by atoms with van der Waals surface area (Å²) in [7, 11) is 0. The standard InChI is InChI=1S/C18H13ClN2O6/c1-10(12-4-2-3-5-15(12)19)27-16(22)9-20-17(23)13-7-6-11(21(25)26)8-14(13)18(20)24/h2-8,10H,9H2,1H3/t10-/m0/s1. The Balaban J connectivity index is 1.73. The van der Waals surface area contributed by atoms with Gasteiger partial charge in [-0.3, -0.25) is 29.4 Å². The smallest absolute Gasteiger partial charge is 0.326 e. The first-order valence-corrected chi connectivity index (χ1v) is 8.26. The number of imide groups is 1. The van der Waals surface area contributed by atoms with Gasteiger partial charge in [0.2, 0.25) is 0 Å². The normalized spacial score (nSPS) is 14.1. The van der Waals surface area contributed by atoms with E-state index in [1.807, 2.05) is 0 Å². The number of halogens is 1. The molecule has 0 radical (unpaired) electrons. The summed E-state index contributed by atoms with van der Waals surface area (Å²) in [5, 5.41) is 11.3. The number of nitro groups is 1. The van der Waals surface area contributed by atoms with Crippen LogP contribution >= 0.6 is 11.6 Å². The Morgan fingerprint density at radius 2 is 1.85 bits per heavy atom. The molecule has 0 saturated carbocycles. The minimum atomic E-state index is -0.800. The maximum absolute atomic E-state index is 12.4. The van der Waals surface area contributed by atoms with Gasteiger partial charge in [0.15, 0.2) is 0 Å². The summed E-state index contributed by atoms with van der Waals surface area (Å²) < 4.78 is 5.26. The van der Waals surface area contributed by atoms with Crippen molar-refractivity contribution in [2.75, 3.05) is 6.54 Å². The lowest BCUT2D eigenvalue weighted by molar-refractivity contribution is -0.384. The van der Waals surface area contributed by atoms with Crippen LogP contribution in [-0.2, 0) is 9.53 Å². The lowest BCUT2D eigenvalue weighted by atomic mass is 10.1. The summed E-state index contributed by atoms with van der Waals surface area (Å²) in [5.74, 6) is -2.28. The molecule has 0 N–H and O–H groups in total. The SMILES string of the molecule is C[C@H](OC(=O)CN1C(=O)c2ccc([N+](=O)[O-])cc2C1=O)c1ccccc1Cl. The molecule has 138 valence electrons. The van der Waals surface area contributed by atoms with E-state index in [1.54, 1.807) is 31.2 Å². The molecule has 1 heterocycles. The average Bonchev–Trinajstić information content (AvgIpc) is 2.86. The van der Waals surface area contributed by atoms with Crippen LogP contribution in [0.2, 0.25) is 5.02 Å². The van der Waals surface area contributed by atoms with Crippen molar-refractivity contribution in [1.29, 1.82) is 0 Å². The number of hydrogen-bond donors (Lipinski definition) is 0. The van der Waals surface area contributed by atoms with E-state index in [9.17, 15) is 24.5 Å². The molecule has 3 rings (SSSR count). The Bertz CT molecular complexity index is 974. The molecule has 1 aliphatic rings. The number of non-ortho nitro benzene ring substituents is 1. The van der Waals surface area contributed by atoms with Gasteiger partial charge in [-0.15, -0.1) is 0 Å². The van der Waals surface area contributed by atoms with Crippen LogP contribution in [0.15, 0.2) is 42.5 Å². The second-order valence-corrected chi connectivity index (χ2v) is 6.24. The Kier molecular flexibility index (Phi) is 4.91. The van der Waals surface area contributed by atoms with Crippen LogP contribution in [0.4, 0.5) is 5.69 Å². The molecule has 0 spiro atoms. The van der Waals surface area contributed by atoms with Gasteiger partial charge in [0, 0.05) is 22.7 Å². The quantitative estimate of drug-likeness (QED) is 0.337. The maximum atomic E-state index is 12.4. The Morgan fingerprint density at radius 3 is 2.52 bits per heavy atom. The monoisotopic (exact) mass is 388 g/mol. The predicted molar refractivity (Wildman–Crippen MR) is 94.4 cm³/mol. The zero-order chi connectivity index (χ0) is 19.7. The molecule has 0 saturated heterocycles. The van der Waals surface area contributed by atoms with Gasteiger partial charge in [-0.25, -0.2) is 0 Å². The minimum absolute atomic E-state index is 0.0116. The van der Waals surface area contributed by atoms with Gasteiger partial charge in [0.05, 0.1) is 16.1 Å². The van der Waals surface area contributed by atoms with E-state index in [-0.39, 0.29) is 16.8 Å². The highest BCUT2D eigenvalue weighted by molar-refractivity contribution is 6.31. The van der Waals surface area contributed by atoms with Gasteiger partial charge >= 0.3 is 5.97 Å². The van der Waals surface area contributed by atoms with Crippen molar-refractivity contribution < 1.29 is 24.0 Å². The molecular formula is C18H13ClN2O6. The third-order valence-corrected chi connectivity index (χ3v) is 4.45. The van der Waals surface area contributed by atoms with Crippen molar-refractivity contribution in [3.8, 4) is 0 Å². The predicted octanol–water partition coefficient (Wildman–Crippen LogP) is 3.15. The van der Waals surface area contributed by atoms with Crippen LogP contribution in [-0.4, -0.2) is 34.2 Å². The van der Waals surface area contributed by atoms with E-state index in [2.05, 4.69) is 0 Å². The van der Waals surface area contributed by atoms with Gasteiger partial charge in [0.25, 0.3) is 17.5 Å². The van der Waals surface area contributed by atoms with Crippen molar-refractivity contribution >= 4 is 35.1 Å². The van der Waals surface area contributed by atoms with E-state index in [4.69, 9.17) is 16.3 Å². The van der Waals surface area contributed by atoms with E-state index in [0.717, 1.165) is 12.1 Å². The number of rotatable bonds is 5. The third-order valence-electron chi connectivity index (χ3n) is 4.10. The summed E-state index contributed by atoms with van der Waals surface area (Å²) in [4.78, 5) is 47.8. The molecule has 9 heteroatoms. The number of benzene rings is 2. The molecule has 0 bridgehead atoms. The number of hydrogen-bond acceptors (Lipinski definition) is 6. The largest absolute Gasteiger partial charge is 0.456 e. The Morgan fingerprint density at radius 1 is 1.19 bits per heavy atom. The second-order valence-electron chi connectivity index (χ2n) is 5.84. The van der Waals surface area contributed by atoms with E-state index < -0.39 is 35.4 Å². The molecule has 1 atom stereocenters. The number of carbonyl (C=O) groups is 3. The first kappa shape index (κ1) is 18.5. The van der Waals surface area contributed by atoms with Crippen molar-refractivity contribution in [3.63, 3.8) is 0 Å². The van der Waals surface area contributed by atoms with Crippen molar-refractivity contribution in [2.45, 2.75) is 13.0 Å². The van der Waals surface area contributed by atoms with Crippen molar-refractivity contribution in [2.24, 2.45) is 0 Å². The number of nitrogens with zero attached hydrogens (tertiary/aromatic N) is 2. The van der Waals surface area contributed by atoms with Crippen LogP contribution in [0, 0.1) is 10.1 Å². The molecule has 1 aliphatic heterocycles. The summed E-state index contributed by atoms with van der Waals surface area (Å²) in [6, 6.07) is 10.2. The third kappa shape index (κ3) is 3.52. The van der Waals surface area contributed by atoms with Crippen LogP contribution in [0.5, 0.6) is 0 Å². The fourth-order valence-corrected chi connectivity index (χ4v) is 3.06. The fourth-order valence-electron chi connectivity index (χ4n) is 2.77. The summed E-state index contributed by atoms with van der Waals surface area (Å²) in [6.07, 6.45) is -0.678. The van der Waals surface area contributed by atoms with Crippen LogP contribution in [0.3, 0.4) is 0 Å². The topological polar surface area (TPSA) is 107 Å². The molecule has 0 fully saturated rings. The lowest BCUT2D eigenvalue weighted by Crippen LogP contribution is -2.36. The van der Waals surface area contributed by atoms with Gasteiger partial charge in [0.1, 0.15) is 12.6 Å². The van der Waals surface area contributed by atoms with E-state index in [0.29, 0.717) is 15.5 Å². The van der Waals surface area contributed by atoms with Crippen LogP contribution < -0.4 is 0 Å². The molecule has 0 aliphatic carbocycles. The summed E-state index contributed by atoms with van der Waals surface area (Å²) in [6.45, 7) is 1.01. The number of amides is 2. The Hall–Kier alpha value is -3.26. The fraction of sp³-hybridized carbons (Fsp3) is 0.167. The molecule has 2 amide bonds. The molecule has 0 aromatic heterocycles. The average molecular weight is 389 g/mol. The maximum Gasteiger partial charge on any atom is 0.326 e. The minimum Gasteiger partial charge on any atom is -0.456 e. The van der Waals surface area contributed by atoms with Crippen LogP contribution in [0.1, 0.15) is 39.3 Å². The Labute approximate surface area is 158 Å². The second kappa shape index (κ2) is 7.16. The molecule has 2 aromatic carbocycles. The zero-order valence-electron chi connectivity index (χ0n) is 14.0. The highest BCUT2D eigenvalue weighted by Gasteiger charge is 2.38. The number of nitro benzene ring substituents is 1. The van der Waals surface area contributed by atoms with E-state index >= 15 is 0 Å². The lowest BCUT2D eigenvalue weighted by Gasteiger charge is -2.17. The highest BCUT2D eigenvalue weighted by atomic mass is 35.5. The van der Waals surface area contributed by atoms with Gasteiger partial charge in [-0.05, 0) is 19.1 Å². The first-order valence-electron chi connectivity index (χ1n) is 7.88. The molecule has 0 unspecified atom stereocenters. The molecular weight excluding hydrogens is 376 g/mol. The van der Waals surface area contributed by atoms with Gasteiger partial charge in [-0.1, -0.05) is 29.8 Å². The van der Waals surface area contributed by atoms with Gasteiger partial charge < -0.3 is 4.74 Å². The molecule has 8 nitrogen and oxygen atoms in total. The number of ether oxygens (including phenoxy) is 1. The number of fused-ring (bicyclic) bond motifs is 1. The zero-order valence-corrected chi connectivity index (χ0v) is 14.8. The number of esters is 1. The first-order chi connectivity index (χ1) is 12.8. The summed E-state index contributed by atoms with van der Waals surface area (Å²) in [5.41, 5.74) is 0.177. The molecule has 2 aromatic rings. The number of carbonyl (C=O) groups excluding carboxylic acids is 3. The van der Waals surface area contributed by atoms with Crippen molar-refractivity contribution in [3.05, 3.63) is 74.3 Å². The van der Waals surface area contributed by atoms with Gasteiger partial charge in [-0.2, -0.15) is 0 Å². The van der Waals surface area contributed by atoms with Crippen LogP contribution in [0.25, 0.3) is 0 Å². The summed E-state index contributed by atoms with van der Waals surface area (Å²) >= 11 is 6.06. The van der Waals surface area contributed by atoms with Crippen molar-refractivity contribution in [1.82, 2.24) is 4.90 Å². The van der Waals surface area contributed by atoms with E-state index in [1.165, 1.54) is 6.07 Å². The molecule has 27 heavy (non-hydrogen) atoms.